The fraction of sp³-hybridized carbons (Fsp3) is 0. The maximum atomic E-state index is 11.0. The molecule has 4 aromatic rings. The fourth-order valence-corrected chi connectivity index (χ4v) is 2.82. The summed E-state index contributed by atoms with van der Waals surface area (Å²) in [7, 11) is 0. The van der Waals surface area contributed by atoms with Crippen molar-refractivity contribution < 1.29 is 4.92 Å². The first-order valence-corrected chi connectivity index (χ1v) is 7.51. The first kappa shape index (κ1) is 16.7. The van der Waals surface area contributed by atoms with Crippen LogP contribution in [0.2, 0.25) is 0 Å². The first-order valence-electron chi connectivity index (χ1n) is 7.51. The van der Waals surface area contributed by atoms with E-state index in [0.717, 1.165) is 27.5 Å². The minimum atomic E-state index is -0.395. The number of rotatable bonds is 3. The summed E-state index contributed by atoms with van der Waals surface area (Å²) in [5.41, 5.74) is 3.39. The van der Waals surface area contributed by atoms with Crippen molar-refractivity contribution in [1.29, 1.82) is 0 Å². The molecule has 6 heteroatoms. The van der Waals surface area contributed by atoms with Gasteiger partial charge in [-0.3, -0.25) is 10.1 Å². The monoisotopic (exact) mass is 351 g/mol. The maximum Gasteiger partial charge on any atom is 0.271 e. The van der Waals surface area contributed by atoms with Crippen molar-refractivity contribution in [2.45, 2.75) is 0 Å². The van der Waals surface area contributed by atoms with Crippen molar-refractivity contribution in [2.24, 2.45) is 0 Å². The van der Waals surface area contributed by atoms with Crippen LogP contribution in [0.25, 0.3) is 21.8 Å². The van der Waals surface area contributed by atoms with Crippen molar-refractivity contribution in [3.8, 4) is 0 Å². The molecular formula is C19H14ClN3O2. The van der Waals surface area contributed by atoms with Gasteiger partial charge >= 0.3 is 0 Å². The lowest BCUT2D eigenvalue weighted by atomic mass is 10.1. The van der Waals surface area contributed by atoms with Crippen LogP contribution >= 0.6 is 12.4 Å². The second-order valence-electron chi connectivity index (χ2n) is 5.45. The van der Waals surface area contributed by atoms with E-state index in [9.17, 15) is 10.1 Å². The summed E-state index contributed by atoms with van der Waals surface area (Å²) in [5, 5.41) is 16.3. The van der Waals surface area contributed by atoms with E-state index in [-0.39, 0.29) is 18.1 Å². The van der Waals surface area contributed by atoms with Gasteiger partial charge in [0.1, 0.15) is 0 Å². The molecule has 4 rings (SSSR count). The maximum absolute atomic E-state index is 11.0. The Labute approximate surface area is 149 Å². The van der Waals surface area contributed by atoms with E-state index >= 15 is 0 Å². The van der Waals surface area contributed by atoms with Crippen molar-refractivity contribution in [3.05, 3.63) is 82.9 Å². The third-order valence-electron chi connectivity index (χ3n) is 3.91. The van der Waals surface area contributed by atoms with E-state index in [1.807, 2.05) is 54.6 Å². The highest BCUT2D eigenvalue weighted by atomic mass is 35.5. The Morgan fingerprint density at radius 2 is 1.44 bits per heavy atom. The summed E-state index contributed by atoms with van der Waals surface area (Å²) >= 11 is 0. The Hall–Kier alpha value is -3.18. The van der Waals surface area contributed by atoms with Crippen LogP contribution in [0.3, 0.4) is 0 Å². The lowest BCUT2D eigenvalue weighted by Crippen LogP contribution is -1.96. The topological polar surface area (TPSA) is 68.1 Å². The van der Waals surface area contributed by atoms with Gasteiger partial charge in [0, 0.05) is 28.6 Å². The predicted molar refractivity (Wildman–Crippen MR) is 103 cm³/mol. The molecule has 0 radical (unpaired) electrons. The van der Waals surface area contributed by atoms with Crippen molar-refractivity contribution >= 4 is 51.3 Å². The highest BCUT2D eigenvalue weighted by molar-refractivity contribution is 6.08. The summed E-state index contributed by atoms with van der Waals surface area (Å²) in [6.45, 7) is 0. The molecule has 25 heavy (non-hydrogen) atoms. The second kappa shape index (κ2) is 6.75. The van der Waals surface area contributed by atoms with Crippen molar-refractivity contribution in [1.82, 2.24) is 4.98 Å². The minimum absolute atomic E-state index is 0. The standard InChI is InChI=1S/C19H13N3O2.ClH/c23-22(24)14-7-5-6-13(12-14)20-19-15-8-1-3-10-17(15)21-18-11-4-2-9-16(18)19;/h1-12H,(H,20,21);1H. The SMILES string of the molecule is Cl.O=[N+]([O-])c1cccc(Nc2c3ccccc3nc3ccccc23)c1. The summed E-state index contributed by atoms with van der Waals surface area (Å²) < 4.78 is 0. The molecule has 0 unspecified atom stereocenters. The predicted octanol–water partition coefficient (Wildman–Crippen LogP) is 5.46. The van der Waals surface area contributed by atoms with E-state index in [2.05, 4.69) is 10.3 Å². The molecule has 0 fully saturated rings. The van der Waals surface area contributed by atoms with E-state index in [4.69, 9.17) is 0 Å². The number of halogens is 1. The highest BCUT2D eigenvalue weighted by Crippen LogP contribution is 2.33. The average Bonchev–Trinajstić information content (AvgIpc) is 2.62. The minimum Gasteiger partial charge on any atom is -0.354 e. The Kier molecular flexibility index (Phi) is 4.50. The van der Waals surface area contributed by atoms with Crippen LogP contribution in [0.4, 0.5) is 17.1 Å². The number of nitrogens with one attached hydrogen (secondary N) is 1. The summed E-state index contributed by atoms with van der Waals surface area (Å²) in [4.78, 5) is 15.3. The molecule has 0 aliphatic carbocycles. The van der Waals surface area contributed by atoms with Gasteiger partial charge in [0.05, 0.1) is 21.6 Å². The quantitative estimate of drug-likeness (QED) is 0.302. The van der Waals surface area contributed by atoms with Crippen LogP contribution in [-0.4, -0.2) is 9.91 Å². The van der Waals surface area contributed by atoms with Gasteiger partial charge in [-0.05, 0) is 18.2 Å². The second-order valence-corrected chi connectivity index (χ2v) is 5.45. The van der Waals surface area contributed by atoms with Crippen LogP contribution in [-0.2, 0) is 0 Å². The van der Waals surface area contributed by atoms with Crippen molar-refractivity contribution in [3.63, 3.8) is 0 Å². The van der Waals surface area contributed by atoms with Gasteiger partial charge in [-0.25, -0.2) is 4.98 Å². The smallest absolute Gasteiger partial charge is 0.271 e. The number of nitrogens with zero attached hydrogens (tertiary/aromatic N) is 2. The van der Waals surface area contributed by atoms with Gasteiger partial charge < -0.3 is 5.32 Å². The molecule has 5 nitrogen and oxygen atoms in total. The normalized spacial score (nSPS) is 10.4. The zero-order valence-electron chi connectivity index (χ0n) is 13.0. The Morgan fingerprint density at radius 3 is 2.04 bits per heavy atom. The Bertz CT molecular complexity index is 1030. The number of pyridine rings is 1. The molecule has 0 spiro atoms. The third kappa shape index (κ3) is 3.09. The van der Waals surface area contributed by atoms with Gasteiger partial charge in [-0.1, -0.05) is 42.5 Å². The lowest BCUT2D eigenvalue weighted by molar-refractivity contribution is -0.384. The molecular weight excluding hydrogens is 338 g/mol. The third-order valence-corrected chi connectivity index (χ3v) is 3.91. The molecule has 3 aromatic carbocycles. The van der Waals surface area contributed by atoms with Gasteiger partial charge in [0.25, 0.3) is 5.69 Å². The average molecular weight is 352 g/mol. The molecule has 124 valence electrons. The van der Waals surface area contributed by atoms with E-state index in [1.54, 1.807) is 6.07 Å². The number of nitro benzene ring substituents is 1. The molecule has 0 saturated carbocycles. The van der Waals surface area contributed by atoms with Crippen LogP contribution in [0.1, 0.15) is 0 Å². The number of para-hydroxylation sites is 2. The number of benzene rings is 3. The van der Waals surface area contributed by atoms with Crippen LogP contribution in [0.5, 0.6) is 0 Å². The number of nitro groups is 1. The number of non-ortho nitro benzene ring substituents is 1. The largest absolute Gasteiger partial charge is 0.354 e. The zero-order chi connectivity index (χ0) is 16.5. The number of hydrogen-bond donors (Lipinski definition) is 1. The molecule has 0 bridgehead atoms. The molecule has 1 N–H and O–H groups in total. The number of anilines is 2. The van der Waals surface area contributed by atoms with Crippen molar-refractivity contribution in [2.75, 3.05) is 5.32 Å². The highest BCUT2D eigenvalue weighted by Gasteiger charge is 2.11. The van der Waals surface area contributed by atoms with Gasteiger partial charge in [0.2, 0.25) is 0 Å². The zero-order valence-corrected chi connectivity index (χ0v) is 13.9. The molecule has 1 heterocycles. The molecule has 0 aliphatic rings. The van der Waals surface area contributed by atoms with E-state index in [1.165, 1.54) is 12.1 Å². The van der Waals surface area contributed by atoms with Crippen LogP contribution in [0.15, 0.2) is 72.8 Å². The summed E-state index contributed by atoms with van der Waals surface area (Å²) in [6.07, 6.45) is 0. The Balaban J connectivity index is 0.00000182. The molecule has 0 amide bonds. The summed E-state index contributed by atoms with van der Waals surface area (Å²) in [6, 6.07) is 22.2. The molecule has 0 atom stereocenters. The van der Waals surface area contributed by atoms with E-state index in [0.29, 0.717) is 5.69 Å². The van der Waals surface area contributed by atoms with Crippen LogP contribution in [0, 0.1) is 10.1 Å². The number of fused-ring (bicyclic) bond motifs is 2. The fourth-order valence-electron chi connectivity index (χ4n) is 2.82. The summed E-state index contributed by atoms with van der Waals surface area (Å²) in [5.74, 6) is 0. The van der Waals surface area contributed by atoms with Gasteiger partial charge in [-0.2, -0.15) is 0 Å². The Morgan fingerprint density at radius 1 is 0.840 bits per heavy atom. The first-order chi connectivity index (χ1) is 11.7. The lowest BCUT2D eigenvalue weighted by Gasteiger charge is -2.13. The van der Waals surface area contributed by atoms with Gasteiger partial charge in [-0.15, -0.1) is 12.4 Å². The number of aromatic nitrogens is 1. The van der Waals surface area contributed by atoms with Crippen LogP contribution < -0.4 is 5.32 Å². The molecule has 1 aromatic heterocycles. The number of hydrogen-bond acceptors (Lipinski definition) is 4. The molecule has 0 aliphatic heterocycles. The van der Waals surface area contributed by atoms with Gasteiger partial charge in [0.15, 0.2) is 0 Å². The molecule has 0 saturated heterocycles. The van der Waals surface area contributed by atoms with E-state index < -0.39 is 4.92 Å².